The standard InChI is InChI=1S/C26H25BrClNO4/c1-15-23(26(31)33-12-11-32-2)24(17-3-7-19(27)8-4-17)25-21(29-15)13-18(14-22(25)30)16-5-9-20(28)10-6-16/h3-10,18,24,29H,11-14H2,1-2H3/t18-,24+/m0/s1. The summed E-state index contributed by atoms with van der Waals surface area (Å²) < 4.78 is 11.4. The van der Waals surface area contributed by atoms with E-state index in [1.165, 1.54) is 0 Å². The van der Waals surface area contributed by atoms with Crippen molar-refractivity contribution in [1.82, 2.24) is 5.32 Å². The second-order valence-electron chi connectivity index (χ2n) is 8.25. The molecule has 0 aromatic heterocycles. The van der Waals surface area contributed by atoms with Crippen molar-refractivity contribution in [3.63, 3.8) is 0 Å². The minimum atomic E-state index is -0.483. The number of carbonyl (C=O) groups excluding carboxylic acids is 2. The normalized spacial score (nSPS) is 20.4. The van der Waals surface area contributed by atoms with E-state index in [4.69, 9.17) is 21.1 Å². The van der Waals surface area contributed by atoms with Gasteiger partial charge in [-0.3, -0.25) is 4.79 Å². The highest BCUT2D eigenvalue weighted by Gasteiger charge is 2.41. The predicted molar refractivity (Wildman–Crippen MR) is 131 cm³/mol. The van der Waals surface area contributed by atoms with Gasteiger partial charge in [-0.1, -0.05) is 51.8 Å². The maximum absolute atomic E-state index is 13.5. The first-order valence-electron chi connectivity index (χ1n) is 10.8. The van der Waals surface area contributed by atoms with Crippen molar-refractivity contribution in [3.05, 3.63) is 91.7 Å². The van der Waals surface area contributed by atoms with Gasteiger partial charge in [0.2, 0.25) is 0 Å². The van der Waals surface area contributed by atoms with Crippen LogP contribution in [0.25, 0.3) is 0 Å². The summed E-state index contributed by atoms with van der Waals surface area (Å²) in [6, 6.07) is 15.4. The van der Waals surface area contributed by atoms with Crippen LogP contribution in [0.1, 0.15) is 42.7 Å². The lowest BCUT2D eigenvalue weighted by atomic mass is 9.72. The molecule has 0 unspecified atom stereocenters. The highest BCUT2D eigenvalue weighted by atomic mass is 79.9. The fraction of sp³-hybridized carbons (Fsp3) is 0.308. The van der Waals surface area contributed by atoms with Crippen molar-refractivity contribution in [1.29, 1.82) is 0 Å². The summed E-state index contributed by atoms with van der Waals surface area (Å²) in [6.45, 7) is 2.32. The Labute approximate surface area is 206 Å². The van der Waals surface area contributed by atoms with Crippen LogP contribution in [0.2, 0.25) is 5.02 Å². The van der Waals surface area contributed by atoms with Crippen molar-refractivity contribution < 1.29 is 19.1 Å². The number of hydrogen-bond donors (Lipinski definition) is 1. The topological polar surface area (TPSA) is 64.6 Å². The van der Waals surface area contributed by atoms with Gasteiger partial charge in [0.15, 0.2) is 5.78 Å². The molecule has 33 heavy (non-hydrogen) atoms. The molecular weight excluding hydrogens is 506 g/mol. The predicted octanol–water partition coefficient (Wildman–Crippen LogP) is 5.65. The summed E-state index contributed by atoms with van der Waals surface area (Å²) in [5.74, 6) is -0.840. The Morgan fingerprint density at radius 3 is 2.39 bits per heavy atom. The van der Waals surface area contributed by atoms with E-state index >= 15 is 0 Å². The molecule has 2 atom stereocenters. The van der Waals surface area contributed by atoms with Crippen LogP contribution in [0.4, 0.5) is 0 Å². The number of dihydropyridines is 1. The number of benzene rings is 2. The number of Topliss-reactive ketones (excluding diaryl/α,β-unsaturated/α-hetero) is 1. The molecule has 7 heteroatoms. The van der Waals surface area contributed by atoms with Gasteiger partial charge in [-0.25, -0.2) is 4.79 Å². The first-order chi connectivity index (χ1) is 15.9. The van der Waals surface area contributed by atoms with Crippen LogP contribution in [0.3, 0.4) is 0 Å². The van der Waals surface area contributed by atoms with Crippen LogP contribution in [0.5, 0.6) is 0 Å². The van der Waals surface area contributed by atoms with Crippen molar-refractivity contribution in [3.8, 4) is 0 Å². The lowest BCUT2D eigenvalue weighted by molar-refractivity contribution is -0.140. The molecule has 5 nitrogen and oxygen atoms in total. The van der Waals surface area contributed by atoms with Crippen molar-refractivity contribution in [2.45, 2.75) is 31.6 Å². The SMILES string of the molecule is COCCOC(=O)C1=C(C)NC2=C(C(=O)C[C@@H](c3ccc(Cl)cc3)C2)[C@@H]1c1ccc(Br)cc1. The summed E-state index contributed by atoms with van der Waals surface area (Å²) >= 11 is 9.52. The van der Waals surface area contributed by atoms with E-state index in [0.29, 0.717) is 41.3 Å². The number of hydrogen-bond acceptors (Lipinski definition) is 5. The van der Waals surface area contributed by atoms with Crippen LogP contribution in [0, 0.1) is 0 Å². The molecule has 172 valence electrons. The van der Waals surface area contributed by atoms with Crippen molar-refractivity contribution in [2.75, 3.05) is 20.3 Å². The Morgan fingerprint density at radius 1 is 1.06 bits per heavy atom. The molecule has 1 aliphatic heterocycles. The highest BCUT2D eigenvalue weighted by Crippen LogP contribution is 2.45. The number of allylic oxidation sites excluding steroid dienone is 3. The smallest absolute Gasteiger partial charge is 0.336 e. The fourth-order valence-corrected chi connectivity index (χ4v) is 4.95. The zero-order valence-corrected chi connectivity index (χ0v) is 20.8. The Bertz CT molecular complexity index is 1120. The van der Waals surface area contributed by atoms with E-state index in [-0.39, 0.29) is 18.3 Å². The molecule has 0 saturated carbocycles. The van der Waals surface area contributed by atoms with Crippen LogP contribution in [-0.2, 0) is 19.1 Å². The number of halogens is 2. The molecule has 0 saturated heterocycles. The average molecular weight is 531 g/mol. The monoisotopic (exact) mass is 529 g/mol. The van der Waals surface area contributed by atoms with Gasteiger partial charge in [-0.05, 0) is 54.7 Å². The minimum absolute atomic E-state index is 0.0336. The second-order valence-corrected chi connectivity index (χ2v) is 9.60. The van der Waals surface area contributed by atoms with E-state index < -0.39 is 11.9 Å². The summed E-state index contributed by atoms with van der Waals surface area (Å²) in [7, 11) is 1.56. The fourth-order valence-electron chi connectivity index (χ4n) is 4.56. The molecule has 0 bridgehead atoms. The molecule has 1 aliphatic carbocycles. The third-order valence-corrected chi connectivity index (χ3v) is 6.89. The van der Waals surface area contributed by atoms with Gasteiger partial charge in [-0.15, -0.1) is 0 Å². The van der Waals surface area contributed by atoms with Crippen LogP contribution >= 0.6 is 27.5 Å². The lowest BCUT2D eigenvalue weighted by Crippen LogP contribution is -2.36. The minimum Gasteiger partial charge on any atom is -0.460 e. The Hall–Kier alpha value is -2.41. The number of rotatable bonds is 6. The van der Waals surface area contributed by atoms with Crippen LogP contribution < -0.4 is 5.32 Å². The summed E-state index contributed by atoms with van der Waals surface area (Å²) in [4.78, 5) is 26.6. The molecule has 4 rings (SSSR count). The van der Waals surface area contributed by atoms with E-state index in [9.17, 15) is 9.59 Å². The number of ether oxygens (including phenoxy) is 2. The molecule has 2 aliphatic rings. The van der Waals surface area contributed by atoms with Gasteiger partial charge < -0.3 is 14.8 Å². The van der Waals surface area contributed by atoms with E-state index in [2.05, 4.69) is 21.2 Å². The van der Waals surface area contributed by atoms with Crippen molar-refractivity contribution >= 4 is 39.3 Å². The summed E-state index contributed by atoms with van der Waals surface area (Å²) in [5.41, 5.74) is 4.63. The molecule has 1 heterocycles. The zero-order chi connectivity index (χ0) is 23.5. The number of nitrogens with one attached hydrogen (secondary N) is 1. The van der Waals surface area contributed by atoms with E-state index in [0.717, 1.165) is 21.3 Å². The third-order valence-electron chi connectivity index (χ3n) is 6.11. The van der Waals surface area contributed by atoms with Gasteiger partial charge in [0.1, 0.15) is 6.61 Å². The van der Waals surface area contributed by atoms with Crippen LogP contribution in [-0.4, -0.2) is 32.1 Å². The number of ketones is 1. The first kappa shape index (κ1) is 23.7. The zero-order valence-electron chi connectivity index (χ0n) is 18.5. The first-order valence-corrected chi connectivity index (χ1v) is 12.0. The Balaban J connectivity index is 1.73. The maximum Gasteiger partial charge on any atom is 0.336 e. The van der Waals surface area contributed by atoms with Gasteiger partial charge in [0.05, 0.1) is 12.2 Å². The Morgan fingerprint density at radius 2 is 1.73 bits per heavy atom. The largest absolute Gasteiger partial charge is 0.460 e. The van der Waals surface area contributed by atoms with Crippen LogP contribution in [0.15, 0.2) is 75.5 Å². The number of esters is 1. The lowest BCUT2D eigenvalue weighted by Gasteiger charge is -2.36. The average Bonchev–Trinajstić information content (AvgIpc) is 2.79. The van der Waals surface area contributed by atoms with Gasteiger partial charge >= 0.3 is 5.97 Å². The highest BCUT2D eigenvalue weighted by molar-refractivity contribution is 9.10. The third kappa shape index (κ3) is 5.08. The molecule has 0 radical (unpaired) electrons. The molecule has 2 aromatic carbocycles. The van der Waals surface area contributed by atoms with E-state index in [1.807, 2.05) is 55.5 Å². The molecule has 0 spiro atoms. The molecule has 0 amide bonds. The molecular formula is C26H25BrClNO4. The quantitative estimate of drug-likeness (QED) is 0.386. The Kier molecular flexibility index (Phi) is 7.37. The van der Waals surface area contributed by atoms with Gasteiger partial charge in [-0.2, -0.15) is 0 Å². The van der Waals surface area contributed by atoms with E-state index in [1.54, 1.807) is 7.11 Å². The summed E-state index contributed by atoms with van der Waals surface area (Å²) in [5, 5.41) is 4.03. The molecule has 0 fully saturated rings. The number of carbonyl (C=O) groups is 2. The molecule has 2 aromatic rings. The maximum atomic E-state index is 13.5. The number of methoxy groups -OCH3 is 1. The summed E-state index contributed by atoms with van der Waals surface area (Å²) in [6.07, 6.45) is 1.05. The molecule has 1 N–H and O–H groups in total. The second kappa shape index (κ2) is 10.2. The van der Waals surface area contributed by atoms with Crippen molar-refractivity contribution in [2.24, 2.45) is 0 Å². The van der Waals surface area contributed by atoms with Gasteiger partial charge in [0.25, 0.3) is 0 Å². The van der Waals surface area contributed by atoms with Gasteiger partial charge in [0, 0.05) is 45.9 Å².